The lowest BCUT2D eigenvalue weighted by molar-refractivity contribution is -0.115. The maximum Gasteiger partial charge on any atom is 0.322 e. The molecule has 0 saturated heterocycles. The second-order valence-corrected chi connectivity index (χ2v) is 5.65. The lowest BCUT2D eigenvalue weighted by atomic mass is 10.1. The highest BCUT2D eigenvalue weighted by molar-refractivity contribution is 5.90. The van der Waals surface area contributed by atoms with E-state index in [-0.39, 0.29) is 24.2 Å². The van der Waals surface area contributed by atoms with Crippen LogP contribution in [0.5, 0.6) is 11.5 Å². The molecule has 7 nitrogen and oxygen atoms in total. The average Bonchev–Trinajstić information content (AvgIpc) is 3.12. The van der Waals surface area contributed by atoms with E-state index in [4.69, 9.17) is 13.9 Å². The third-order valence-electron chi connectivity index (χ3n) is 3.67. The van der Waals surface area contributed by atoms with Gasteiger partial charge in [0.1, 0.15) is 0 Å². The largest absolute Gasteiger partial charge is 0.490 e. The summed E-state index contributed by atoms with van der Waals surface area (Å²) in [6.07, 6.45) is 0.232. The highest BCUT2D eigenvalue weighted by Crippen LogP contribution is 2.32. The number of rotatable bonds is 8. The molecule has 0 aliphatic heterocycles. The molecule has 3 aromatic rings. The fraction of sp³-hybridized carbons (Fsp3) is 0.250. The number of anilines is 1. The molecule has 1 amide bonds. The van der Waals surface area contributed by atoms with Gasteiger partial charge in [-0.05, 0) is 37.6 Å². The molecule has 3 rings (SSSR count). The van der Waals surface area contributed by atoms with Gasteiger partial charge in [0.2, 0.25) is 11.8 Å². The Labute approximate surface area is 157 Å². The molecule has 0 atom stereocenters. The fourth-order valence-electron chi connectivity index (χ4n) is 2.52. The van der Waals surface area contributed by atoms with E-state index < -0.39 is 0 Å². The van der Waals surface area contributed by atoms with Crippen molar-refractivity contribution < 1.29 is 18.7 Å². The van der Waals surface area contributed by atoms with E-state index in [9.17, 15) is 4.79 Å². The Kier molecular flexibility index (Phi) is 6.04. The number of hydrogen-bond donors (Lipinski definition) is 1. The Morgan fingerprint density at radius 3 is 2.48 bits per heavy atom. The summed E-state index contributed by atoms with van der Waals surface area (Å²) in [5.41, 5.74) is 1.58. The predicted molar refractivity (Wildman–Crippen MR) is 101 cm³/mol. The first-order valence-corrected chi connectivity index (χ1v) is 8.77. The topological polar surface area (TPSA) is 86.5 Å². The van der Waals surface area contributed by atoms with E-state index in [1.807, 2.05) is 44.2 Å². The van der Waals surface area contributed by atoms with Crippen LogP contribution in [0.4, 0.5) is 6.01 Å². The lowest BCUT2D eigenvalue weighted by Gasteiger charge is -2.11. The fourth-order valence-corrected chi connectivity index (χ4v) is 2.52. The molecule has 0 aliphatic carbocycles. The standard InChI is InChI=1S/C20H21N3O4/c1-3-25-16-11-10-15(13-17(16)26-4-2)19-22-23-20(27-19)21-18(24)12-14-8-6-5-7-9-14/h5-11,13H,3-4,12H2,1-2H3,(H,21,23,24). The van der Waals surface area contributed by atoms with Crippen molar-refractivity contribution in [2.24, 2.45) is 0 Å². The molecule has 0 aliphatic rings. The second-order valence-electron chi connectivity index (χ2n) is 5.65. The Balaban J connectivity index is 1.71. The maximum atomic E-state index is 12.1. The van der Waals surface area contributed by atoms with Crippen LogP contribution in [0.3, 0.4) is 0 Å². The Morgan fingerprint density at radius 1 is 1.00 bits per heavy atom. The van der Waals surface area contributed by atoms with Crippen LogP contribution in [0.15, 0.2) is 52.9 Å². The SMILES string of the molecule is CCOc1ccc(-c2nnc(NC(=O)Cc3ccccc3)o2)cc1OCC. The molecule has 0 fully saturated rings. The molecular formula is C20H21N3O4. The summed E-state index contributed by atoms with van der Waals surface area (Å²) < 4.78 is 16.7. The third-order valence-corrected chi connectivity index (χ3v) is 3.67. The number of hydrogen-bond acceptors (Lipinski definition) is 6. The second kappa shape index (κ2) is 8.84. The van der Waals surface area contributed by atoms with E-state index in [1.54, 1.807) is 18.2 Å². The molecule has 0 spiro atoms. The number of benzene rings is 2. The van der Waals surface area contributed by atoms with E-state index in [1.165, 1.54) is 0 Å². The van der Waals surface area contributed by atoms with Crippen LogP contribution in [-0.4, -0.2) is 29.3 Å². The predicted octanol–water partition coefficient (Wildman–Crippen LogP) is 3.72. The molecule has 1 aromatic heterocycles. The molecule has 1 N–H and O–H groups in total. The van der Waals surface area contributed by atoms with Crippen LogP contribution < -0.4 is 14.8 Å². The van der Waals surface area contributed by atoms with Gasteiger partial charge in [-0.15, -0.1) is 5.10 Å². The molecule has 2 aromatic carbocycles. The Hall–Kier alpha value is -3.35. The zero-order chi connectivity index (χ0) is 19.1. The van der Waals surface area contributed by atoms with Gasteiger partial charge in [0.25, 0.3) is 0 Å². The minimum absolute atomic E-state index is 0.0535. The van der Waals surface area contributed by atoms with Gasteiger partial charge in [0, 0.05) is 5.56 Å². The summed E-state index contributed by atoms with van der Waals surface area (Å²) in [4.78, 5) is 12.1. The average molecular weight is 367 g/mol. The van der Waals surface area contributed by atoms with Crippen molar-refractivity contribution in [3.63, 3.8) is 0 Å². The van der Waals surface area contributed by atoms with Gasteiger partial charge in [-0.2, -0.15) is 0 Å². The zero-order valence-corrected chi connectivity index (χ0v) is 15.3. The van der Waals surface area contributed by atoms with Crippen molar-refractivity contribution in [1.29, 1.82) is 0 Å². The number of carbonyl (C=O) groups excluding carboxylic acids is 1. The molecule has 0 bridgehead atoms. The van der Waals surface area contributed by atoms with Gasteiger partial charge < -0.3 is 13.9 Å². The number of amides is 1. The summed E-state index contributed by atoms with van der Waals surface area (Å²) in [6, 6.07) is 14.9. The van der Waals surface area contributed by atoms with Crippen LogP contribution >= 0.6 is 0 Å². The number of ether oxygens (including phenoxy) is 2. The van der Waals surface area contributed by atoms with E-state index >= 15 is 0 Å². The molecule has 7 heteroatoms. The van der Waals surface area contributed by atoms with Crippen LogP contribution in [-0.2, 0) is 11.2 Å². The van der Waals surface area contributed by atoms with Crippen molar-refractivity contribution in [2.75, 3.05) is 18.5 Å². The summed E-state index contributed by atoms with van der Waals surface area (Å²) in [7, 11) is 0. The minimum Gasteiger partial charge on any atom is -0.490 e. The lowest BCUT2D eigenvalue weighted by Crippen LogP contribution is -2.14. The highest BCUT2D eigenvalue weighted by atomic mass is 16.5. The van der Waals surface area contributed by atoms with Crippen molar-refractivity contribution in [3.05, 3.63) is 54.1 Å². The highest BCUT2D eigenvalue weighted by Gasteiger charge is 2.14. The molecule has 0 saturated carbocycles. The Morgan fingerprint density at radius 2 is 1.74 bits per heavy atom. The first-order chi connectivity index (χ1) is 13.2. The van der Waals surface area contributed by atoms with Crippen LogP contribution in [0.25, 0.3) is 11.5 Å². The van der Waals surface area contributed by atoms with Crippen molar-refractivity contribution in [2.45, 2.75) is 20.3 Å². The summed E-state index contributed by atoms with van der Waals surface area (Å²) in [6.45, 7) is 4.85. The van der Waals surface area contributed by atoms with Gasteiger partial charge in [0.15, 0.2) is 11.5 Å². The number of nitrogens with zero attached hydrogens (tertiary/aromatic N) is 2. The van der Waals surface area contributed by atoms with Crippen LogP contribution in [0.1, 0.15) is 19.4 Å². The summed E-state index contributed by atoms with van der Waals surface area (Å²) in [5, 5.41) is 10.5. The van der Waals surface area contributed by atoms with Crippen molar-refractivity contribution >= 4 is 11.9 Å². The smallest absolute Gasteiger partial charge is 0.322 e. The van der Waals surface area contributed by atoms with Crippen LogP contribution in [0.2, 0.25) is 0 Å². The zero-order valence-electron chi connectivity index (χ0n) is 15.3. The van der Waals surface area contributed by atoms with Crippen molar-refractivity contribution in [1.82, 2.24) is 10.2 Å². The van der Waals surface area contributed by atoms with Gasteiger partial charge in [-0.3, -0.25) is 10.1 Å². The number of nitrogens with one attached hydrogen (secondary N) is 1. The van der Waals surface area contributed by atoms with Crippen LogP contribution in [0, 0.1) is 0 Å². The monoisotopic (exact) mass is 367 g/mol. The molecule has 0 unspecified atom stereocenters. The van der Waals surface area contributed by atoms with Gasteiger partial charge in [-0.1, -0.05) is 35.4 Å². The van der Waals surface area contributed by atoms with E-state index in [0.29, 0.717) is 30.3 Å². The van der Waals surface area contributed by atoms with E-state index in [2.05, 4.69) is 15.5 Å². The molecule has 27 heavy (non-hydrogen) atoms. The number of carbonyl (C=O) groups is 1. The molecule has 0 radical (unpaired) electrons. The molecule has 1 heterocycles. The van der Waals surface area contributed by atoms with Gasteiger partial charge in [-0.25, -0.2) is 0 Å². The third kappa shape index (κ3) is 4.84. The first kappa shape index (κ1) is 18.4. The Bertz CT molecular complexity index is 893. The quantitative estimate of drug-likeness (QED) is 0.653. The summed E-state index contributed by atoms with van der Waals surface area (Å²) >= 11 is 0. The molecule has 140 valence electrons. The number of aromatic nitrogens is 2. The first-order valence-electron chi connectivity index (χ1n) is 8.77. The minimum atomic E-state index is -0.224. The van der Waals surface area contributed by atoms with Gasteiger partial charge in [0.05, 0.1) is 19.6 Å². The van der Waals surface area contributed by atoms with Crippen molar-refractivity contribution in [3.8, 4) is 23.0 Å². The van der Waals surface area contributed by atoms with E-state index in [0.717, 1.165) is 5.56 Å². The maximum absolute atomic E-state index is 12.1. The normalized spacial score (nSPS) is 10.4. The molecular weight excluding hydrogens is 346 g/mol. The summed E-state index contributed by atoms with van der Waals surface area (Å²) in [5.74, 6) is 1.32. The van der Waals surface area contributed by atoms with Gasteiger partial charge >= 0.3 is 6.01 Å².